The molecule has 0 aliphatic heterocycles. The largest absolute Gasteiger partial charge is 0.382 e. The molecule has 6 nitrogen and oxygen atoms in total. The molecule has 0 aliphatic rings. The predicted octanol–water partition coefficient (Wildman–Crippen LogP) is 3.30. The highest BCUT2D eigenvalue weighted by Gasteiger charge is 2.30. The van der Waals surface area contributed by atoms with Crippen LogP contribution in [0.4, 0.5) is 16.3 Å². The van der Waals surface area contributed by atoms with Gasteiger partial charge in [0.15, 0.2) is 0 Å². The Hall–Kier alpha value is -1.72. The molecule has 0 fully saturated rings. The highest BCUT2D eigenvalue weighted by atomic mass is 16.2. The van der Waals surface area contributed by atoms with Gasteiger partial charge in [-0.15, -0.1) is 0 Å². The number of carbonyl (C=O) groups excluding carboxylic acids is 1. The van der Waals surface area contributed by atoms with E-state index in [2.05, 4.69) is 36.5 Å². The van der Waals surface area contributed by atoms with E-state index in [0.717, 1.165) is 5.69 Å². The number of hydrogen-bond acceptors (Lipinski definition) is 3. The SMILES string of the molecule is CC(C)CNC(=O)Nc1c(C(C)(C)C)nn(C(C)(C)C)c1N. The van der Waals surface area contributed by atoms with Crippen LogP contribution in [-0.4, -0.2) is 22.4 Å². The van der Waals surface area contributed by atoms with E-state index >= 15 is 0 Å². The summed E-state index contributed by atoms with van der Waals surface area (Å²) < 4.78 is 1.77. The molecule has 0 saturated heterocycles. The third-order valence-corrected chi connectivity index (χ3v) is 3.18. The van der Waals surface area contributed by atoms with Gasteiger partial charge in [0.05, 0.1) is 11.2 Å². The molecule has 2 amide bonds. The van der Waals surface area contributed by atoms with Gasteiger partial charge in [0.2, 0.25) is 0 Å². The smallest absolute Gasteiger partial charge is 0.319 e. The molecule has 0 aromatic carbocycles. The average molecular weight is 309 g/mol. The van der Waals surface area contributed by atoms with Crippen LogP contribution in [0.5, 0.6) is 0 Å². The van der Waals surface area contributed by atoms with Gasteiger partial charge in [-0.05, 0) is 26.7 Å². The maximum atomic E-state index is 12.1. The van der Waals surface area contributed by atoms with Crippen molar-refractivity contribution in [3.8, 4) is 0 Å². The molecule has 0 saturated carbocycles. The first-order valence-electron chi connectivity index (χ1n) is 7.78. The molecule has 126 valence electrons. The zero-order valence-electron chi connectivity index (χ0n) is 15.2. The fraction of sp³-hybridized carbons (Fsp3) is 0.750. The van der Waals surface area contributed by atoms with Gasteiger partial charge in [0.25, 0.3) is 0 Å². The second kappa shape index (κ2) is 6.18. The van der Waals surface area contributed by atoms with Gasteiger partial charge in [0.1, 0.15) is 11.5 Å². The van der Waals surface area contributed by atoms with E-state index in [4.69, 9.17) is 5.73 Å². The third-order valence-electron chi connectivity index (χ3n) is 3.18. The molecule has 22 heavy (non-hydrogen) atoms. The summed E-state index contributed by atoms with van der Waals surface area (Å²) in [4.78, 5) is 12.1. The molecule has 0 unspecified atom stereocenters. The maximum Gasteiger partial charge on any atom is 0.319 e. The molecule has 0 aliphatic carbocycles. The van der Waals surface area contributed by atoms with Gasteiger partial charge in [-0.2, -0.15) is 5.10 Å². The third kappa shape index (κ3) is 4.39. The Labute approximate surface area is 133 Å². The van der Waals surface area contributed by atoms with Crippen molar-refractivity contribution in [2.75, 3.05) is 17.6 Å². The quantitative estimate of drug-likeness (QED) is 0.801. The van der Waals surface area contributed by atoms with Crippen molar-refractivity contribution in [2.24, 2.45) is 5.92 Å². The number of urea groups is 1. The number of hydrogen-bond donors (Lipinski definition) is 3. The molecule has 0 bridgehead atoms. The van der Waals surface area contributed by atoms with Crippen LogP contribution < -0.4 is 16.4 Å². The van der Waals surface area contributed by atoms with Crippen molar-refractivity contribution in [3.63, 3.8) is 0 Å². The van der Waals surface area contributed by atoms with Crippen molar-refractivity contribution in [1.29, 1.82) is 0 Å². The van der Waals surface area contributed by atoms with Gasteiger partial charge in [0, 0.05) is 12.0 Å². The summed E-state index contributed by atoms with van der Waals surface area (Å²) in [7, 11) is 0. The van der Waals surface area contributed by atoms with Gasteiger partial charge in [-0.25, -0.2) is 9.48 Å². The van der Waals surface area contributed by atoms with Crippen LogP contribution in [0.25, 0.3) is 0 Å². The first-order valence-corrected chi connectivity index (χ1v) is 7.78. The van der Waals surface area contributed by atoms with Gasteiger partial charge in [-0.1, -0.05) is 34.6 Å². The number of nitrogens with two attached hydrogens (primary N) is 1. The Morgan fingerprint density at radius 2 is 1.77 bits per heavy atom. The summed E-state index contributed by atoms with van der Waals surface area (Å²) >= 11 is 0. The molecule has 0 atom stereocenters. The number of anilines is 2. The van der Waals surface area contributed by atoms with Gasteiger partial charge < -0.3 is 16.4 Å². The topological polar surface area (TPSA) is 85.0 Å². The zero-order chi connectivity index (χ0) is 17.3. The summed E-state index contributed by atoms with van der Waals surface area (Å²) in [6, 6.07) is -0.251. The first kappa shape index (κ1) is 18.3. The summed E-state index contributed by atoms with van der Waals surface area (Å²) in [5, 5.41) is 10.4. The molecule has 1 heterocycles. The van der Waals surface area contributed by atoms with Crippen molar-refractivity contribution in [2.45, 2.75) is 66.3 Å². The van der Waals surface area contributed by atoms with Crippen LogP contribution in [0.3, 0.4) is 0 Å². The number of carbonyl (C=O) groups is 1. The summed E-state index contributed by atoms with van der Waals surface area (Å²) in [5.74, 6) is 0.875. The molecule has 6 heteroatoms. The second-order valence-electron chi connectivity index (χ2n) is 8.17. The standard InChI is InChI=1S/C16H31N5O/c1-10(2)9-18-14(22)19-11-12(15(3,4)5)20-21(13(11)17)16(6,7)8/h10H,9,17H2,1-8H3,(H2,18,19,22). The lowest BCUT2D eigenvalue weighted by Gasteiger charge is -2.21. The second-order valence-corrected chi connectivity index (χ2v) is 8.17. The van der Waals surface area contributed by atoms with Crippen molar-refractivity contribution in [3.05, 3.63) is 5.69 Å². The highest BCUT2D eigenvalue weighted by molar-refractivity contribution is 5.93. The Kier molecular flexibility index (Phi) is 5.15. The Balaban J connectivity index is 3.17. The van der Waals surface area contributed by atoms with Crippen LogP contribution >= 0.6 is 0 Å². The summed E-state index contributed by atoms with van der Waals surface area (Å²) in [6.45, 7) is 17.0. The Bertz CT molecular complexity index is 532. The number of nitrogens with zero attached hydrogens (tertiary/aromatic N) is 2. The van der Waals surface area contributed by atoms with Crippen LogP contribution in [-0.2, 0) is 11.0 Å². The number of nitrogen functional groups attached to an aromatic ring is 1. The van der Waals surface area contributed by atoms with Crippen LogP contribution in [0, 0.1) is 5.92 Å². The molecule has 1 aromatic heterocycles. The minimum atomic E-state index is -0.252. The van der Waals surface area contributed by atoms with E-state index in [1.54, 1.807) is 4.68 Å². The molecule has 1 aromatic rings. The Morgan fingerprint density at radius 3 is 2.18 bits per heavy atom. The number of aromatic nitrogens is 2. The van der Waals surface area contributed by atoms with Crippen LogP contribution in [0.2, 0.25) is 0 Å². The molecule has 1 rings (SSSR count). The fourth-order valence-corrected chi connectivity index (χ4v) is 2.05. The highest BCUT2D eigenvalue weighted by Crippen LogP contribution is 2.35. The van der Waals surface area contributed by atoms with E-state index in [1.165, 1.54) is 0 Å². The lowest BCUT2D eigenvalue weighted by molar-refractivity contribution is 0.251. The van der Waals surface area contributed by atoms with Gasteiger partial charge in [-0.3, -0.25) is 0 Å². The predicted molar refractivity (Wildman–Crippen MR) is 92.2 cm³/mol. The van der Waals surface area contributed by atoms with Crippen LogP contribution in [0.15, 0.2) is 0 Å². The zero-order valence-corrected chi connectivity index (χ0v) is 15.2. The van der Waals surface area contributed by atoms with Crippen molar-refractivity contribution in [1.82, 2.24) is 15.1 Å². The van der Waals surface area contributed by atoms with Crippen molar-refractivity contribution >= 4 is 17.5 Å². The van der Waals surface area contributed by atoms with E-state index in [9.17, 15) is 4.79 Å². The molecule has 0 radical (unpaired) electrons. The van der Waals surface area contributed by atoms with E-state index in [0.29, 0.717) is 24.0 Å². The van der Waals surface area contributed by atoms with E-state index in [1.807, 2.05) is 34.6 Å². The lowest BCUT2D eigenvalue weighted by Crippen LogP contribution is -2.32. The molecule has 4 N–H and O–H groups in total. The molecular formula is C16H31N5O. The lowest BCUT2D eigenvalue weighted by atomic mass is 9.91. The average Bonchev–Trinajstić information content (AvgIpc) is 2.64. The molecular weight excluding hydrogens is 278 g/mol. The maximum absolute atomic E-state index is 12.1. The minimum Gasteiger partial charge on any atom is -0.382 e. The Morgan fingerprint density at radius 1 is 1.23 bits per heavy atom. The van der Waals surface area contributed by atoms with E-state index in [-0.39, 0.29) is 17.0 Å². The normalized spacial score (nSPS) is 12.6. The summed E-state index contributed by atoms with van der Waals surface area (Å²) in [6.07, 6.45) is 0. The monoisotopic (exact) mass is 309 g/mol. The van der Waals surface area contributed by atoms with E-state index < -0.39 is 0 Å². The van der Waals surface area contributed by atoms with Gasteiger partial charge >= 0.3 is 6.03 Å². The number of rotatable bonds is 3. The number of nitrogens with one attached hydrogen (secondary N) is 2. The molecule has 0 spiro atoms. The fourth-order valence-electron chi connectivity index (χ4n) is 2.05. The first-order chi connectivity index (χ1) is 9.84. The van der Waals surface area contributed by atoms with Crippen LogP contribution in [0.1, 0.15) is 61.1 Å². The minimum absolute atomic E-state index is 0.217. The van der Waals surface area contributed by atoms with Crippen molar-refractivity contribution < 1.29 is 4.79 Å². The summed E-state index contributed by atoms with van der Waals surface area (Å²) in [5.41, 5.74) is 7.17. The number of amides is 2.